The Morgan fingerprint density at radius 2 is 1.76 bits per heavy atom. The third kappa shape index (κ3) is 5.93. The quantitative estimate of drug-likeness (QED) is 0.538. The fraction of sp³-hybridized carbons (Fsp3) is 0.696. The van der Waals surface area contributed by atoms with E-state index < -0.39 is 6.09 Å². The van der Waals surface area contributed by atoms with E-state index in [4.69, 9.17) is 19.3 Å². The zero-order valence-electron chi connectivity index (χ0n) is 17.1. The van der Waals surface area contributed by atoms with Gasteiger partial charge in [0.2, 0.25) is 0 Å². The Kier molecular flexibility index (Phi) is 7.06. The first-order chi connectivity index (χ1) is 14.2. The molecule has 0 bridgehead atoms. The van der Waals surface area contributed by atoms with Crippen LogP contribution in [0.15, 0.2) is 30.3 Å². The van der Waals surface area contributed by atoms with Gasteiger partial charge in [-0.1, -0.05) is 30.3 Å². The van der Waals surface area contributed by atoms with E-state index in [2.05, 4.69) is 24.3 Å². The van der Waals surface area contributed by atoms with E-state index in [1.807, 2.05) is 6.07 Å². The van der Waals surface area contributed by atoms with Gasteiger partial charge in [-0.15, -0.1) is 0 Å². The maximum atomic E-state index is 10.7. The molecule has 160 valence electrons. The average Bonchev–Trinajstić information content (AvgIpc) is 3.40. The summed E-state index contributed by atoms with van der Waals surface area (Å²) in [6.45, 7) is 4.14. The van der Waals surface area contributed by atoms with Crippen LogP contribution in [0, 0.1) is 17.8 Å². The molecule has 0 spiro atoms. The van der Waals surface area contributed by atoms with Crippen LogP contribution in [-0.2, 0) is 20.8 Å². The summed E-state index contributed by atoms with van der Waals surface area (Å²) < 4.78 is 17.5. The Balaban J connectivity index is 0.949. The average molecular weight is 404 g/mol. The Labute approximate surface area is 173 Å². The Hall–Kier alpha value is -1.63. The van der Waals surface area contributed by atoms with Crippen molar-refractivity contribution in [2.75, 3.05) is 32.9 Å². The molecular weight excluding hydrogens is 370 g/mol. The van der Waals surface area contributed by atoms with E-state index in [1.54, 1.807) is 0 Å². The maximum Gasteiger partial charge on any atom is 0.407 e. The van der Waals surface area contributed by atoms with Gasteiger partial charge in [-0.05, 0) is 55.4 Å². The summed E-state index contributed by atoms with van der Waals surface area (Å²) in [5, 5.41) is 8.77. The van der Waals surface area contributed by atoms with Crippen LogP contribution >= 0.6 is 0 Å². The highest BCUT2D eigenvalue weighted by Crippen LogP contribution is 2.52. The van der Waals surface area contributed by atoms with E-state index in [-0.39, 0.29) is 6.10 Å². The minimum atomic E-state index is -0.853. The molecule has 6 heteroatoms. The van der Waals surface area contributed by atoms with Crippen molar-refractivity contribution >= 4 is 6.09 Å². The van der Waals surface area contributed by atoms with Gasteiger partial charge in [-0.3, -0.25) is 0 Å². The molecule has 0 aromatic heterocycles. The Morgan fingerprint density at radius 3 is 2.52 bits per heavy atom. The zero-order chi connectivity index (χ0) is 20.1. The van der Waals surface area contributed by atoms with Gasteiger partial charge >= 0.3 is 6.09 Å². The first-order valence-electron chi connectivity index (χ1n) is 11.0. The van der Waals surface area contributed by atoms with Gasteiger partial charge in [0, 0.05) is 19.8 Å². The van der Waals surface area contributed by atoms with E-state index in [1.165, 1.54) is 29.7 Å². The second-order valence-electron chi connectivity index (χ2n) is 8.77. The smallest absolute Gasteiger partial charge is 0.407 e. The topological polar surface area (TPSA) is 68.2 Å². The Bertz CT molecular complexity index is 642. The first kappa shape index (κ1) is 20.6. The second-order valence-corrected chi connectivity index (χ2v) is 8.77. The predicted molar refractivity (Wildman–Crippen MR) is 109 cm³/mol. The molecule has 2 aliphatic carbocycles. The summed E-state index contributed by atoms with van der Waals surface area (Å²) in [6, 6.07) is 10.4. The molecule has 2 saturated carbocycles. The lowest BCUT2D eigenvalue weighted by molar-refractivity contribution is -0.0491. The van der Waals surface area contributed by atoms with Crippen LogP contribution in [-0.4, -0.2) is 61.2 Å². The van der Waals surface area contributed by atoms with Crippen molar-refractivity contribution in [2.45, 2.75) is 50.9 Å². The molecule has 1 aromatic carbocycles. The molecule has 0 unspecified atom stereocenters. The van der Waals surface area contributed by atoms with Crippen LogP contribution in [0.25, 0.3) is 0 Å². The molecular formula is C23H33NO5. The highest BCUT2D eigenvalue weighted by Gasteiger charge is 2.48. The van der Waals surface area contributed by atoms with Gasteiger partial charge in [0.15, 0.2) is 0 Å². The number of rotatable bonds is 12. The van der Waals surface area contributed by atoms with Crippen LogP contribution in [0.5, 0.6) is 0 Å². The largest absolute Gasteiger partial charge is 0.465 e. The number of hydrogen-bond donors (Lipinski definition) is 1. The third-order valence-electron chi connectivity index (χ3n) is 6.53. The fourth-order valence-electron chi connectivity index (χ4n) is 4.41. The molecule has 1 amide bonds. The normalized spacial score (nSPS) is 28.6. The molecule has 6 nitrogen and oxygen atoms in total. The van der Waals surface area contributed by atoms with Crippen molar-refractivity contribution in [1.82, 2.24) is 4.90 Å². The van der Waals surface area contributed by atoms with Gasteiger partial charge < -0.3 is 24.2 Å². The highest BCUT2D eigenvalue weighted by molar-refractivity contribution is 5.66. The van der Waals surface area contributed by atoms with Crippen molar-refractivity contribution in [2.24, 2.45) is 17.8 Å². The lowest BCUT2D eigenvalue weighted by Gasteiger charge is -2.36. The molecule has 4 rings (SSSR count). The first-order valence-corrected chi connectivity index (χ1v) is 11.0. The molecule has 0 radical (unpaired) electrons. The number of unbranched alkanes of at least 4 members (excludes halogenated alkanes) is 1. The van der Waals surface area contributed by atoms with Crippen LogP contribution in [0.3, 0.4) is 0 Å². The van der Waals surface area contributed by atoms with Crippen molar-refractivity contribution in [3.63, 3.8) is 0 Å². The highest BCUT2D eigenvalue weighted by atomic mass is 16.5. The molecule has 3 fully saturated rings. The van der Waals surface area contributed by atoms with E-state index in [9.17, 15) is 4.79 Å². The molecule has 3 aliphatic rings. The lowest BCUT2D eigenvalue weighted by Crippen LogP contribution is -2.54. The molecule has 1 aromatic rings. The predicted octanol–water partition coefficient (Wildman–Crippen LogP) is 3.79. The number of nitrogens with zero attached hydrogens (tertiary/aromatic N) is 1. The molecule has 2 atom stereocenters. The summed E-state index contributed by atoms with van der Waals surface area (Å²) in [6.07, 6.45) is 5.40. The van der Waals surface area contributed by atoms with E-state index in [0.717, 1.165) is 50.4 Å². The molecule has 1 heterocycles. The second kappa shape index (κ2) is 9.92. The van der Waals surface area contributed by atoms with Gasteiger partial charge in [-0.2, -0.15) is 0 Å². The molecule has 1 aliphatic heterocycles. The van der Waals surface area contributed by atoms with Crippen LogP contribution in [0.4, 0.5) is 4.79 Å². The number of hydrogen-bond acceptors (Lipinski definition) is 4. The SMILES string of the molecule is O=C(O)N1CC(OCCCCOC[C@H]2C[C@@H]2C2CC(OCc3ccccc3)C2)C1. The van der Waals surface area contributed by atoms with Crippen molar-refractivity contribution < 1.29 is 24.1 Å². The van der Waals surface area contributed by atoms with Crippen molar-refractivity contribution in [1.29, 1.82) is 0 Å². The minimum Gasteiger partial charge on any atom is -0.465 e. The van der Waals surface area contributed by atoms with Crippen molar-refractivity contribution in [3.8, 4) is 0 Å². The summed E-state index contributed by atoms with van der Waals surface area (Å²) >= 11 is 0. The fourth-order valence-corrected chi connectivity index (χ4v) is 4.41. The number of likely N-dealkylation sites (tertiary alicyclic amines) is 1. The monoisotopic (exact) mass is 403 g/mol. The zero-order valence-corrected chi connectivity index (χ0v) is 17.1. The maximum absolute atomic E-state index is 10.7. The summed E-state index contributed by atoms with van der Waals surface area (Å²) in [5.41, 5.74) is 1.26. The number of ether oxygens (including phenoxy) is 3. The van der Waals surface area contributed by atoms with Crippen LogP contribution in [0.2, 0.25) is 0 Å². The van der Waals surface area contributed by atoms with E-state index >= 15 is 0 Å². The number of carboxylic acid groups (broad SMARTS) is 1. The molecule has 1 N–H and O–H groups in total. The van der Waals surface area contributed by atoms with Gasteiger partial charge in [0.1, 0.15) is 0 Å². The lowest BCUT2D eigenvalue weighted by atomic mass is 9.78. The van der Waals surface area contributed by atoms with Gasteiger partial charge in [-0.25, -0.2) is 4.79 Å². The van der Waals surface area contributed by atoms with Gasteiger partial charge in [0.25, 0.3) is 0 Å². The van der Waals surface area contributed by atoms with Gasteiger partial charge in [0.05, 0.1) is 31.9 Å². The van der Waals surface area contributed by atoms with Crippen LogP contribution in [0.1, 0.15) is 37.7 Å². The van der Waals surface area contributed by atoms with Crippen molar-refractivity contribution in [3.05, 3.63) is 35.9 Å². The molecule has 29 heavy (non-hydrogen) atoms. The van der Waals surface area contributed by atoms with E-state index in [0.29, 0.717) is 25.8 Å². The summed E-state index contributed by atoms with van der Waals surface area (Å²) in [7, 11) is 0. The molecule has 1 saturated heterocycles. The number of carbonyl (C=O) groups is 1. The number of amides is 1. The summed E-state index contributed by atoms with van der Waals surface area (Å²) in [5.74, 6) is 2.44. The Morgan fingerprint density at radius 1 is 1.00 bits per heavy atom. The van der Waals surface area contributed by atoms with Crippen LogP contribution < -0.4 is 0 Å². The number of benzene rings is 1. The minimum absolute atomic E-state index is 0.0854. The standard InChI is InChI=1S/C23H33NO5/c25-23(26)24-13-21(14-24)28-9-5-4-8-27-16-19-12-22(19)18-10-20(11-18)29-15-17-6-2-1-3-7-17/h1-3,6-7,18-22H,4-5,8-16H2,(H,25,26)/t18?,19-,20?,22-/m1/s1. The third-order valence-corrected chi connectivity index (χ3v) is 6.53. The summed E-state index contributed by atoms with van der Waals surface area (Å²) in [4.78, 5) is 12.0.